The Labute approximate surface area is 155 Å². The lowest BCUT2D eigenvalue weighted by Crippen LogP contribution is -2.29. The number of thiophene rings is 1. The summed E-state index contributed by atoms with van der Waals surface area (Å²) in [6.45, 7) is 7.21. The van der Waals surface area contributed by atoms with Gasteiger partial charge in [-0.25, -0.2) is 13.4 Å². The Kier molecular flexibility index (Phi) is 4.53. The molecule has 3 rings (SSSR count). The minimum atomic E-state index is -3.23. The zero-order chi connectivity index (χ0) is 17.7. The number of hydrogen-bond acceptors (Lipinski definition) is 5. The van der Waals surface area contributed by atoms with Gasteiger partial charge in [0.2, 0.25) is 0 Å². The molecular weight excluding hydrogens is 382 g/mol. The van der Waals surface area contributed by atoms with Crippen LogP contribution in [0.5, 0.6) is 0 Å². The molecule has 3 aromatic rings. The number of fused-ring (bicyclic) bond motifs is 1. The Hall–Kier alpha value is -0.950. The molecule has 0 unspecified atom stereocenters. The molecule has 24 heavy (non-hydrogen) atoms. The Morgan fingerprint density at radius 1 is 1.25 bits per heavy atom. The lowest BCUT2D eigenvalue weighted by molar-refractivity contribution is 0.559. The third kappa shape index (κ3) is 3.25. The third-order valence-corrected chi connectivity index (χ3v) is 9.01. The smallest absolute Gasteiger partial charge is 0.161 e. The Bertz CT molecular complexity index is 1010. The van der Waals surface area contributed by atoms with Crippen LogP contribution in [0.4, 0.5) is 0 Å². The van der Waals surface area contributed by atoms with Gasteiger partial charge in [0.1, 0.15) is 10.8 Å². The average molecular weight is 400 g/mol. The zero-order valence-electron chi connectivity index (χ0n) is 13.9. The van der Waals surface area contributed by atoms with Crippen molar-refractivity contribution in [2.24, 2.45) is 0 Å². The van der Waals surface area contributed by atoms with Gasteiger partial charge in [-0.2, -0.15) is 0 Å². The molecule has 0 saturated carbocycles. The summed E-state index contributed by atoms with van der Waals surface area (Å²) >= 11 is 9.15. The van der Waals surface area contributed by atoms with Gasteiger partial charge in [0.05, 0.1) is 15.3 Å². The van der Waals surface area contributed by atoms with Crippen molar-refractivity contribution in [3.63, 3.8) is 0 Å². The fourth-order valence-electron chi connectivity index (χ4n) is 2.30. The summed E-state index contributed by atoms with van der Waals surface area (Å²) < 4.78 is 25.1. The van der Waals surface area contributed by atoms with E-state index >= 15 is 0 Å². The first kappa shape index (κ1) is 17.9. The molecule has 0 spiro atoms. The van der Waals surface area contributed by atoms with E-state index in [2.05, 4.69) is 11.9 Å². The monoisotopic (exact) mass is 399 g/mol. The predicted molar refractivity (Wildman–Crippen MR) is 105 cm³/mol. The van der Waals surface area contributed by atoms with Crippen molar-refractivity contribution in [2.45, 2.75) is 38.2 Å². The van der Waals surface area contributed by atoms with E-state index in [-0.39, 0.29) is 5.75 Å². The Morgan fingerprint density at radius 3 is 2.62 bits per heavy atom. The largest absolute Gasteiger partial charge is 0.239 e. The van der Waals surface area contributed by atoms with Crippen molar-refractivity contribution < 1.29 is 8.42 Å². The summed E-state index contributed by atoms with van der Waals surface area (Å²) in [6, 6.07) is 5.85. The molecule has 1 aromatic carbocycles. The van der Waals surface area contributed by atoms with Crippen molar-refractivity contribution in [3.8, 4) is 10.6 Å². The number of rotatable bonds is 3. The third-order valence-electron chi connectivity index (χ3n) is 3.93. The number of aryl methyl sites for hydroxylation is 1. The van der Waals surface area contributed by atoms with Gasteiger partial charge in [-0.1, -0.05) is 11.6 Å². The van der Waals surface area contributed by atoms with Gasteiger partial charge < -0.3 is 0 Å². The molecule has 0 aliphatic rings. The summed E-state index contributed by atoms with van der Waals surface area (Å²) in [5, 5.41) is 4.41. The van der Waals surface area contributed by atoms with Crippen LogP contribution in [0.15, 0.2) is 23.6 Å². The lowest BCUT2D eigenvalue weighted by Gasteiger charge is -2.17. The first-order chi connectivity index (χ1) is 11.1. The summed E-state index contributed by atoms with van der Waals surface area (Å²) in [6.07, 6.45) is 0. The standard InChI is InChI=1S/C17H18ClNO2S3/c1-10-12-7-11(18)5-6-14(12)23-16(10)13-8-22-15(19-13)9-24(20,21)17(2,3)4/h5-8H,9H2,1-4H3. The van der Waals surface area contributed by atoms with Crippen LogP contribution in [0, 0.1) is 6.92 Å². The normalized spacial score (nSPS) is 12.9. The predicted octanol–water partition coefficient (Wildman–Crippen LogP) is 5.70. The number of benzene rings is 1. The summed E-state index contributed by atoms with van der Waals surface area (Å²) in [5.41, 5.74) is 1.97. The van der Waals surface area contributed by atoms with E-state index in [1.807, 2.05) is 23.6 Å². The number of halogens is 1. The van der Waals surface area contributed by atoms with Gasteiger partial charge in [0, 0.05) is 15.1 Å². The maximum Gasteiger partial charge on any atom is 0.161 e. The molecule has 3 nitrogen and oxygen atoms in total. The Morgan fingerprint density at radius 2 is 1.96 bits per heavy atom. The highest BCUT2D eigenvalue weighted by atomic mass is 35.5. The molecule has 2 aromatic heterocycles. The van der Waals surface area contributed by atoms with Crippen LogP contribution in [0.3, 0.4) is 0 Å². The van der Waals surface area contributed by atoms with Gasteiger partial charge >= 0.3 is 0 Å². The molecule has 0 fully saturated rings. The highest BCUT2D eigenvalue weighted by Gasteiger charge is 2.30. The summed E-state index contributed by atoms with van der Waals surface area (Å²) in [5.74, 6) is -0.0169. The molecule has 0 saturated heterocycles. The van der Waals surface area contributed by atoms with Crippen molar-refractivity contribution in [1.82, 2.24) is 4.98 Å². The first-order valence-corrected chi connectivity index (χ1v) is 11.2. The fourth-order valence-corrected chi connectivity index (χ4v) is 5.82. The van der Waals surface area contributed by atoms with Crippen molar-refractivity contribution in [3.05, 3.63) is 39.2 Å². The zero-order valence-corrected chi connectivity index (χ0v) is 17.1. The minimum absolute atomic E-state index is 0.0169. The number of thiazole rings is 1. The van der Waals surface area contributed by atoms with E-state index in [0.717, 1.165) is 26.2 Å². The molecule has 7 heteroatoms. The second-order valence-corrected chi connectivity index (χ2v) is 11.9. The van der Waals surface area contributed by atoms with Gasteiger partial charge in [0.15, 0.2) is 9.84 Å². The van der Waals surface area contributed by atoms with Gasteiger partial charge in [-0.15, -0.1) is 22.7 Å². The van der Waals surface area contributed by atoms with Crippen molar-refractivity contribution >= 4 is 54.2 Å². The number of nitrogens with zero attached hydrogens (tertiary/aromatic N) is 1. The molecule has 0 amide bonds. The van der Waals surface area contributed by atoms with E-state index in [0.29, 0.717) is 10.0 Å². The maximum atomic E-state index is 12.4. The quantitative estimate of drug-likeness (QED) is 0.567. The van der Waals surface area contributed by atoms with Crippen molar-refractivity contribution in [1.29, 1.82) is 0 Å². The average Bonchev–Trinajstić information content (AvgIpc) is 3.03. The van der Waals surface area contributed by atoms with Crippen LogP contribution in [-0.2, 0) is 15.6 Å². The van der Waals surface area contributed by atoms with Crippen LogP contribution in [-0.4, -0.2) is 18.1 Å². The molecular formula is C17H18ClNO2S3. The number of hydrogen-bond donors (Lipinski definition) is 0. The molecule has 0 aliphatic heterocycles. The maximum absolute atomic E-state index is 12.4. The molecule has 0 atom stereocenters. The van der Waals surface area contributed by atoms with Gasteiger partial charge in [-0.05, 0) is 56.8 Å². The topological polar surface area (TPSA) is 47.0 Å². The van der Waals surface area contributed by atoms with E-state index in [9.17, 15) is 8.42 Å². The molecule has 0 N–H and O–H groups in total. The SMILES string of the molecule is Cc1c(-c2csc(CS(=O)(=O)C(C)(C)C)n2)sc2ccc(Cl)cc12. The molecule has 0 aliphatic carbocycles. The van der Waals surface area contributed by atoms with Crippen molar-refractivity contribution in [2.75, 3.05) is 0 Å². The number of aromatic nitrogens is 1. The first-order valence-electron chi connectivity index (χ1n) is 7.44. The molecule has 2 heterocycles. The Balaban J connectivity index is 1.99. The van der Waals surface area contributed by atoms with E-state index in [1.165, 1.54) is 11.3 Å². The molecule has 128 valence electrons. The second kappa shape index (κ2) is 6.09. The fraction of sp³-hybridized carbons (Fsp3) is 0.353. The van der Waals surface area contributed by atoms with Crippen LogP contribution < -0.4 is 0 Å². The summed E-state index contributed by atoms with van der Waals surface area (Å²) in [7, 11) is -3.23. The van der Waals surface area contributed by atoms with Crippen LogP contribution >= 0.6 is 34.3 Å². The second-order valence-electron chi connectivity index (χ2n) is 6.69. The van der Waals surface area contributed by atoms with Crippen LogP contribution in [0.25, 0.3) is 20.7 Å². The lowest BCUT2D eigenvalue weighted by atomic mass is 10.1. The minimum Gasteiger partial charge on any atom is -0.239 e. The van der Waals surface area contributed by atoms with E-state index in [4.69, 9.17) is 11.6 Å². The molecule has 0 bridgehead atoms. The van der Waals surface area contributed by atoms with E-state index in [1.54, 1.807) is 32.1 Å². The number of sulfone groups is 1. The summed E-state index contributed by atoms with van der Waals surface area (Å²) in [4.78, 5) is 5.65. The molecule has 0 radical (unpaired) electrons. The highest BCUT2D eigenvalue weighted by molar-refractivity contribution is 7.92. The van der Waals surface area contributed by atoms with E-state index < -0.39 is 14.6 Å². The van der Waals surface area contributed by atoms with Gasteiger partial charge in [0.25, 0.3) is 0 Å². The highest BCUT2D eigenvalue weighted by Crippen LogP contribution is 2.39. The van der Waals surface area contributed by atoms with Gasteiger partial charge in [-0.3, -0.25) is 0 Å². The van der Waals surface area contributed by atoms with Crippen LogP contribution in [0.1, 0.15) is 31.3 Å². The van der Waals surface area contributed by atoms with Crippen LogP contribution in [0.2, 0.25) is 5.02 Å².